The number of aromatic nitrogens is 4. The zero-order valence-electron chi connectivity index (χ0n) is 14.3. The molecule has 3 aromatic rings. The van der Waals surface area contributed by atoms with E-state index in [2.05, 4.69) is 23.1 Å². The predicted octanol–water partition coefficient (Wildman–Crippen LogP) is 1.96. The third-order valence-electron chi connectivity index (χ3n) is 4.66. The molecular formula is C18H20N4O3. The summed E-state index contributed by atoms with van der Waals surface area (Å²) in [6, 6.07) is 6.02. The maximum Gasteiger partial charge on any atom is 0.264 e. The third-order valence-corrected chi connectivity index (χ3v) is 4.66. The van der Waals surface area contributed by atoms with Crippen LogP contribution in [0.2, 0.25) is 0 Å². The lowest BCUT2D eigenvalue weighted by molar-refractivity contribution is -0.0492. The number of aryl methyl sites for hydroxylation is 2. The van der Waals surface area contributed by atoms with Gasteiger partial charge < -0.3 is 9.47 Å². The minimum absolute atomic E-state index is 0.0976. The molecule has 1 fully saturated rings. The van der Waals surface area contributed by atoms with E-state index in [1.54, 1.807) is 21.8 Å². The molecule has 0 spiro atoms. The van der Waals surface area contributed by atoms with Crippen LogP contribution >= 0.6 is 0 Å². The molecule has 2 aromatic heterocycles. The van der Waals surface area contributed by atoms with Gasteiger partial charge in [0.1, 0.15) is 5.39 Å². The molecule has 1 aromatic carbocycles. The van der Waals surface area contributed by atoms with E-state index in [-0.39, 0.29) is 11.8 Å². The second kappa shape index (κ2) is 6.42. The molecule has 0 N–H and O–H groups in total. The molecule has 0 atom stereocenters. The number of ether oxygens (including phenoxy) is 2. The number of hydrogen-bond acceptors (Lipinski definition) is 5. The van der Waals surface area contributed by atoms with Crippen molar-refractivity contribution in [3.63, 3.8) is 0 Å². The van der Waals surface area contributed by atoms with Crippen molar-refractivity contribution in [1.29, 1.82) is 0 Å². The van der Waals surface area contributed by atoms with Gasteiger partial charge in [-0.2, -0.15) is 5.10 Å². The van der Waals surface area contributed by atoms with Gasteiger partial charge in [-0.05, 0) is 31.0 Å². The van der Waals surface area contributed by atoms with Crippen molar-refractivity contribution < 1.29 is 9.47 Å². The highest BCUT2D eigenvalue weighted by Gasteiger charge is 2.17. The molecular weight excluding hydrogens is 320 g/mol. The Balaban J connectivity index is 1.69. The summed E-state index contributed by atoms with van der Waals surface area (Å²) >= 11 is 0. The first-order chi connectivity index (χ1) is 12.1. The second-order valence-corrected chi connectivity index (χ2v) is 6.22. The van der Waals surface area contributed by atoms with Gasteiger partial charge in [-0.3, -0.25) is 9.36 Å². The molecule has 0 unspecified atom stereocenters. The van der Waals surface area contributed by atoms with Crippen LogP contribution < -0.4 is 5.56 Å². The van der Waals surface area contributed by atoms with Gasteiger partial charge in [-0.25, -0.2) is 9.67 Å². The number of benzene rings is 1. The Kier molecular flexibility index (Phi) is 4.10. The van der Waals surface area contributed by atoms with Crippen molar-refractivity contribution >= 4 is 11.0 Å². The van der Waals surface area contributed by atoms with Gasteiger partial charge in [-0.15, -0.1) is 0 Å². The summed E-state index contributed by atoms with van der Waals surface area (Å²) in [4.78, 5) is 17.2. The minimum atomic E-state index is -0.236. The molecule has 0 amide bonds. The van der Waals surface area contributed by atoms with Gasteiger partial charge in [0.25, 0.3) is 5.56 Å². The van der Waals surface area contributed by atoms with Gasteiger partial charge >= 0.3 is 0 Å². The Bertz CT molecular complexity index is 970. The van der Waals surface area contributed by atoms with E-state index in [4.69, 9.17) is 9.47 Å². The second-order valence-electron chi connectivity index (χ2n) is 6.22. The molecule has 0 saturated carbocycles. The zero-order chi connectivity index (χ0) is 17.4. The highest BCUT2D eigenvalue weighted by atomic mass is 16.7. The van der Waals surface area contributed by atoms with E-state index in [1.807, 2.05) is 19.1 Å². The van der Waals surface area contributed by atoms with E-state index >= 15 is 0 Å². The summed E-state index contributed by atoms with van der Waals surface area (Å²) in [6.45, 7) is 5.82. The van der Waals surface area contributed by atoms with Crippen molar-refractivity contribution in [2.24, 2.45) is 0 Å². The molecule has 1 saturated heterocycles. The predicted molar refractivity (Wildman–Crippen MR) is 92.9 cm³/mol. The van der Waals surface area contributed by atoms with Crippen LogP contribution in [0.4, 0.5) is 0 Å². The molecule has 1 aliphatic heterocycles. The van der Waals surface area contributed by atoms with Gasteiger partial charge in [0.05, 0.1) is 31.4 Å². The van der Waals surface area contributed by atoms with E-state index in [9.17, 15) is 4.79 Å². The quantitative estimate of drug-likeness (QED) is 0.726. The molecule has 0 bridgehead atoms. The molecule has 3 heterocycles. The molecule has 7 nitrogen and oxygen atoms in total. The summed E-state index contributed by atoms with van der Waals surface area (Å²) in [5.41, 5.74) is 3.70. The average molecular weight is 340 g/mol. The van der Waals surface area contributed by atoms with Crippen molar-refractivity contribution in [1.82, 2.24) is 19.3 Å². The fourth-order valence-corrected chi connectivity index (χ4v) is 3.07. The highest BCUT2D eigenvalue weighted by Crippen LogP contribution is 2.20. The van der Waals surface area contributed by atoms with Gasteiger partial charge in [0.2, 0.25) is 0 Å². The van der Waals surface area contributed by atoms with Crippen LogP contribution in [-0.2, 0) is 16.0 Å². The van der Waals surface area contributed by atoms with Crippen LogP contribution in [0.1, 0.15) is 17.5 Å². The number of fused-ring (bicyclic) bond motifs is 1. The molecule has 0 radical (unpaired) electrons. The maximum atomic E-state index is 12.7. The normalized spacial score (nSPS) is 15.3. The van der Waals surface area contributed by atoms with Crippen LogP contribution in [-0.4, -0.2) is 38.8 Å². The SMILES string of the molecule is Cc1cccc(-n2ncc3c(=O)n(CCC4OCCO4)cnc32)c1C. The smallest absolute Gasteiger partial charge is 0.264 e. The van der Waals surface area contributed by atoms with Crippen LogP contribution in [0.3, 0.4) is 0 Å². The Morgan fingerprint density at radius 3 is 2.84 bits per heavy atom. The zero-order valence-corrected chi connectivity index (χ0v) is 14.3. The number of rotatable bonds is 4. The number of nitrogens with zero attached hydrogens (tertiary/aromatic N) is 4. The van der Waals surface area contributed by atoms with Gasteiger partial charge in [0, 0.05) is 13.0 Å². The topological polar surface area (TPSA) is 71.2 Å². The molecule has 130 valence electrons. The van der Waals surface area contributed by atoms with Gasteiger partial charge in [0.15, 0.2) is 11.9 Å². The summed E-state index contributed by atoms with van der Waals surface area (Å²) in [6.07, 6.45) is 3.55. The molecule has 25 heavy (non-hydrogen) atoms. The lowest BCUT2D eigenvalue weighted by Crippen LogP contribution is -2.23. The number of hydrogen-bond donors (Lipinski definition) is 0. The van der Waals surface area contributed by atoms with Crippen LogP contribution in [0.25, 0.3) is 16.7 Å². The average Bonchev–Trinajstić information content (AvgIpc) is 3.27. The summed E-state index contributed by atoms with van der Waals surface area (Å²) in [5.74, 6) is 0. The Morgan fingerprint density at radius 1 is 1.24 bits per heavy atom. The molecule has 7 heteroatoms. The van der Waals surface area contributed by atoms with Crippen LogP contribution in [0.5, 0.6) is 0 Å². The van der Waals surface area contributed by atoms with Gasteiger partial charge in [-0.1, -0.05) is 12.1 Å². The minimum Gasteiger partial charge on any atom is -0.350 e. The van der Waals surface area contributed by atoms with E-state index in [0.717, 1.165) is 11.3 Å². The van der Waals surface area contributed by atoms with E-state index in [0.29, 0.717) is 37.2 Å². The highest BCUT2D eigenvalue weighted by molar-refractivity contribution is 5.75. The van der Waals surface area contributed by atoms with Crippen molar-refractivity contribution in [3.8, 4) is 5.69 Å². The summed E-state index contributed by atoms with van der Waals surface area (Å²) < 4.78 is 14.1. The summed E-state index contributed by atoms with van der Waals surface area (Å²) in [7, 11) is 0. The largest absolute Gasteiger partial charge is 0.350 e. The van der Waals surface area contributed by atoms with E-state index in [1.165, 1.54) is 5.56 Å². The fraction of sp³-hybridized carbons (Fsp3) is 0.389. The lowest BCUT2D eigenvalue weighted by Gasteiger charge is -2.11. The van der Waals surface area contributed by atoms with E-state index < -0.39 is 0 Å². The molecule has 0 aliphatic carbocycles. The third kappa shape index (κ3) is 2.85. The van der Waals surface area contributed by atoms with Crippen LogP contribution in [0.15, 0.2) is 35.5 Å². The standard InChI is InChI=1S/C18H20N4O3/c1-12-4-3-5-15(13(12)2)22-17-14(10-20-22)18(23)21(11-19-17)7-6-16-24-8-9-25-16/h3-5,10-11,16H,6-9H2,1-2H3. The lowest BCUT2D eigenvalue weighted by atomic mass is 10.1. The fourth-order valence-electron chi connectivity index (χ4n) is 3.07. The first kappa shape index (κ1) is 16.0. The Labute approximate surface area is 144 Å². The first-order valence-corrected chi connectivity index (χ1v) is 8.38. The van der Waals surface area contributed by atoms with Crippen molar-refractivity contribution in [2.45, 2.75) is 33.1 Å². The van der Waals surface area contributed by atoms with Crippen LogP contribution in [0, 0.1) is 13.8 Å². The maximum absolute atomic E-state index is 12.7. The Morgan fingerprint density at radius 2 is 2.04 bits per heavy atom. The molecule has 4 rings (SSSR count). The molecule has 1 aliphatic rings. The van der Waals surface area contributed by atoms with Crippen molar-refractivity contribution in [3.05, 3.63) is 52.2 Å². The monoisotopic (exact) mass is 340 g/mol. The Hall–Kier alpha value is -2.51. The van der Waals surface area contributed by atoms with Crippen molar-refractivity contribution in [2.75, 3.05) is 13.2 Å². The first-order valence-electron chi connectivity index (χ1n) is 8.38. The summed E-state index contributed by atoms with van der Waals surface area (Å²) in [5, 5.41) is 4.91.